The second-order valence-electron chi connectivity index (χ2n) is 13.0. The van der Waals surface area contributed by atoms with Gasteiger partial charge in [-0.15, -0.1) is 10.2 Å². The van der Waals surface area contributed by atoms with Crippen LogP contribution in [0.3, 0.4) is 0 Å². The van der Waals surface area contributed by atoms with Crippen molar-refractivity contribution in [2.75, 3.05) is 18.0 Å². The van der Waals surface area contributed by atoms with Gasteiger partial charge in [0.25, 0.3) is 0 Å². The number of fused-ring (bicyclic) bond motifs is 2. The lowest BCUT2D eigenvalue weighted by molar-refractivity contribution is 0.0428. The molecule has 0 unspecified atom stereocenters. The summed E-state index contributed by atoms with van der Waals surface area (Å²) in [5.41, 5.74) is 3.79. The van der Waals surface area contributed by atoms with Crippen LogP contribution in [-0.4, -0.2) is 51.6 Å². The number of likely N-dealkylation sites (N-methyl/N-ethyl adjacent to an activating group) is 1. The highest BCUT2D eigenvalue weighted by Gasteiger charge is 2.34. The normalized spacial score (nSPS) is 15.6. The largest absolute Gasteiger partial charge is 0.443 e. The van der Waals surface area contributed by atoms with Crippen molar-refractivity contribution in [1.82, 2.24) is 15.1 Å². The molecule has 0 saturated heterocycles. The van der Waals surface area contributed by atoms with E-state index < -0.39 is 23.4 Å². The van der Waals surface area contributed by atoms with E-state index in [1.165, 1.54) is 27.5 Å². The first-order chi connectivity index (χ1) is 20.3. The Morgan fingerprint density at radius 1 is 0.837 bits per heavy atom. The van der Waals surface area contributed by atoms with E-state index in [1.807, 2.05) is 0 Å². The molecule has 3 aromatic carbocycles. The summed E-state index contributed by atoms with van der Waals surface area (Å²) >= 11 is 0. The third-order valence-electron chi connectivity index (χ3n) is 7.30. The highest BCUT2D eigenvalue weighted by atomic mass is 16.6. The van der Waals surface area contributed by atoms with Crippen molar-refractivity contribution in [3.05, 3.63) is 89.5 Å². The fraction of sp³-hybridized carbons (Fsp3) is 0.371. The van der Waals surface area contributed by atoms with Crippen molar-refractivity contribution in [3.63, 3.8) is 0 Å². The Labute approximate surface area is 253 Å². The molecule has 8 heteroatoms. The molecule has 0 spiro atoms. The molecule has 1 atom stereocenters. The molecule has 0 radical (unpaired) electrons. The van der Waals surface area contributed by atoms with Gasteiger partial charge in [-0.05, 0) is 93.7 Å². The van der Waals surface area contributed by atoms with Gasteiger partial charge in [0.1, 0.15) is 11.2 Å². The number of hydrogen-bond donors (Lipinski definition) is 0. The maximum atomic E-state index is 13.0. The molecule has 0 saturated carbocycles. The highest BCUT2D eigenvalue weighted by molar-refractivity contribution is 6.08. The summed E-state index contributed by atoms with van der Waals surface area (Å²) in [7, 11) is 0. The first kappa shape index (κ1) is 30.2. The molecule has 224 valence electrons. The Bertz CT molecular complexity index is 1610. The molecular formula is C35H40N4O4. The van der Waals surface area contributed by atoms with Crippen LogP contribution in [-0.2, 0) is 16.0 Å². The Morgan fingerprint density at radius 3 is 2.12 bits per heavy atom. The number of carbonyl (C=O) groups is 2. The van der Waals surface area contributed by atoms with Crippen LogP contribution < -0.4 is 4.90 Å². The monoisotopic (exact) mass is 580 g/mol. The SMILES string of the molecule is CCN1Cc2cc(-c3ccc(N(C(=O)OC(C)(C)C)C(=O)OC(C)(C)C)nn3)ccc2[C@H](c2ccc3ccccc3c2)C1. The van der Waals surface area contributed by atoms with Crippen LogP contribution in [0, 0.1) is 0 Å². The molecule has 2 heterocycles. The van der Waals surface area contributed by atoms with Gasteiger partial charge in [-0.3, -0.25) is 4.90 Å². The van der Waals surface area contributed by atoms with Crippen LogP contribution in [0.2, 0.25) is 0 Å². The molecule has 1 aromatic heterocycles. The maximum absolute atomic E-state index is 13.0. The second-order valence-corrected chi connectivity index (χ2v) is 13.0. The molecule has 8 nitrogen and oxygen atoms in total. The predicted octanol–water partition coefficient (Wildman–Crippen LogP) is 7.94. The van der Waals surface area contributed by atoms with E-state index in [0.29, 0.717) is 5.69 Å². The summed E-state index contributed by atoms with van der Waals surface area (Å²) in [6, 6.07) is 25.0. The standard InChI is InChI=1S/C35H40N4O4/c1-8-38-21-27-20-26(15-16-28(27)29(22-38)25-14-13-23-11-9-10-12-24(23)19-25)30-17-18-31(37-36-30)39(32(40)42-34(2,3)4)33(41)43-35(5,6)7/h9-20,29H,8,21-22H2,1-7H3/t29-/m0/s1. The van der Waals surface area contributed by atoms with Crippen molar-refractivity contribution >= 4 is 28.8 Å². The van der Waals surface area contributed by atoms with Crippen LogP contribution in [0.25, 0.3) is 22.0 Å². The fourth-order valence-corrected chi connectivity index (χ4v) is 5.33. The van der Waals surface area contributed by atoms with E-state index in [-0.39, 0.29) is 11.7 Å². The number of ether oxygens (including phenoxy) is 2. The van der Waals surface area contributed by atoms with Crippen LogP contribution >= 0.6 is 0 Å². The Hall–Kier alpha value is -4.30. The molecule has 0 bridgehead atoms. The Balaban J connectivity index is 1.45. The summed E-state index contributed by atoms with van der Waals surface area (Å²) in [6.07, 6.45) is -1.76. The van der Waals surface area contributed by atoms with E-state index in [4.69, 9.17) is 9.47 Å². The lowest BCUT2D eigenvalue weighted by Gasteiger charge is -2.35. The fourth-order valence-electron chi connectivity index (χ4n) is 5.33. The Morgan fingerprint density at radius 2 is 1.51 bits per heavy atom. The summed E-state index contributed by atoms with van der Waals surface area (Å²) in [6.45, 7) is 15.3. The molecule has 4 aromatic rings. The zero-order chi connectivity index (χ0) is 30.9. The smallest absolute Gasteiger partial charge is 0.425 e. The third kappa shape index (κ3) is 7.03. The van der Waals surface area contributed by atoms with E-state index >= 15 is 0 Å². The lowest BCUT2D eigenvalue weighted by atomic mass is 9.83. The van der Waals surface area contributed by atoms with Crippen molar-refractivity contribution in [2.24, 2.45) is 0 Å². The molecule has 43 heavy (non-hydrogen) atoms. The second kappa shape index (κ2) is 11.8. The van der Waals surface area contributed by atoms with Gasteiger partial charge in [0, 0.05) is 24.6 Å². The molecule has 0 N–H and O–H groups in total. The minimum atomic E-state index is -0.878. The molecule has 5 rings (SSSR count). The number of aromatic nitrogens is 2. The summed E-state index contributed by atoms with van der Waals surface area (Å²) < 4.78 is 10.9. The maximum Gasteiger partial charge on any atom is 0.425 e. The number of benzene rings is 3. The van der Waals surface area contributed by atoms with Gasteiger partial charge in [-0.2, -0.15) is 4.90 Å². The minimum absolute atomic E-state index is 0.0266. The van der Waals surface area contributed by atoms with Gasteiger partial charge in [0.15, 0.2) is 5.82 Å². The van der Waals surface area contributed by atoms with Crippen molar-refractivity contribution in [1.29, 1.82) is 0 Å². The third-order valence-corrected chi connectivity index (χ3v) is 7.30. The number of carbonyl (C=O) groups excluding carboxylic acids is 2. The number of hydrogen-bond acceptors (Lipinski definition) is 7. The summed E-state index contributed by atoms with van der Waals surface area (Å²) in [5, 5.41) is 11.1. The number of amides is 2. The van der Waals surface area contributed by atoms with Gasteiger partial charge in [0.05, 0.1) is 5.69 Å². The molecule has 1 aliphatic rings. The van der Waals surface area contributed by atoms with Gasteiger partial charge in [0.2, 0.25) is 0 Å². The molecule has 1 aliphatic heterocycles. The summed E-state index contributed by atoms with van der Waals surface area (Å²) in [4.78, 5) is 29.3. The van der Waals surface area contributed by atoms with E-state index in [9.17, 15) is 9.59 Å². The van der Waals surface area contributed by atoms with E-state index in [0.717, 1.165) is 30.1 Å². The number of nitrogens with zero attached hydrogens (tertiary/aromatic N) is 4. The molecule has 2 amide bonds. The molecular weight excluding hydrogens is 540 g/mol. The van der Waals surface area contributed by atoms with E-state index in [1.54, 1.807) is 53.7 Å². The predicted molar refractivity (Wildman–Crippen MR) is 169 cm³/mol. The van der Waals surface area contributed by atoms with Crippen molar-refractivity contribution in [3.8, 4) is 11.3 Å². The number of rotatable bonds is 4. The minimum Gasteiger partial charge on any atom is -0.443 e. The van der Waals surface area contributed by atoms with Crippen LogP contribution in [0.15, 0.2) is 72.8 Å². The first-order valence-electron chi connectivity index (χ1n) is 14.8. The molecule has 0 aliphatic carbocycles. The van der Waals surface area contributed by atoms with Gasteiger partial charge >= 0.3 is 12.2 Å². The van der Waals surface area contributed by atoms with Crippen LogP contribution in [0.1, 0.15) is 71.1 Å². The first-order valence-corrected chi connectivity index (χ1v) is 14.8. The molecule has 0 fully saturated rings. The van der Waals surface area contributed by atoms with E-state index in [2.05, 4.69) is 82.7 Å². The number of anilines is 1. The van der Waals surface area contributed by atoms with Crippen molar-refractivity contribution < 1.29 is 19.1 Å². The van der Waals surface area contributed by atoms with Crippen molar-refractivity contribution in [2.45, 2.75) is 72.1 Å². The highest BCUT2D eigenvalue weighted by Crippen LogP contribution is 2.36. The number of imide groups is 1. The van der Waals surface area contributed by atoms with Gasteiger partial charge in [-0.1, -0.05) is 61.5 Å². The van der Waals surface area contributed by atoms with Crippen LogP contribution in [0.4, 0.5) is 15.4 Å². The van der Waals surface area contributed by atoms with Gasteiger partial charge in [-0.25, -0.2) is 9.59 Å². The van der Waals surface area contributed by atoms with Crippen LogP contribution in [0.5, 0.6) is 0 Å². The quantitative estimate of drug-likeness (QED) is 0.242. The lowest BCUT2D eigenvalue weighted by Crippen LogP contribution is -2.44. The zero-order valence-corrected chi connectivity index (χ0v) is 26.0. The average molecular weight is 581 g/mol. The summed E-state index contributed by atoms with van der Waals surface area (Å²) in [5.74, 6) is 0.283. The zero-order valence-electron chi connectivity index (χ0n) is 26.0. The Kier molecular flexibility index (Phi) is 8.25. The average Bonchev–Trinajstić information content (AvgIpc) is 2.94. The topological polar surface area (TPSA) is 84.9 Å². The van der Waals surface area contributed by atoms with Gasteiger partial charge < -0.3 is 9.47 Å².